The fourth-order valence-corrected chi connectivity index (χ4v) is 3.59. The van der Waals surface area contributed by atoms with Crippen LogP contribution in [-0.2, 0) is 0 Å². The SMILES string of the molecule is CCCCCCCCC(I)(CC)CC(F)(F)C(F)(F)C(F)(F)C(F)(F)C(F)(F)F. The van der Waals surface area contributed by atoms with E-state index in [0.29, 0.717) is 12.8 Å². The molecule has 0 fully saturated rings. The van der Waals surface area contributed by atoms with Gasteiger partial charge in [-0.1, -0.05) is 75.0 Å². The predicted molar refractivity (Wildman–Crippen MR) is 95.5 cm³/mol. The van der Waals surface area contributed by atoms with Crippen LogP contribution in [0, 0.1) is 0 Å². The maximum Gasteiger partial charge on any atom is 0.460 e. The highest BCUT2D eigenvalue weighted by atomic mass is 127. The van der Waals surface area contributed by atoms with Crippen molar-refractivity contribution in [3.8, 4) is 0 Å². The van der Waals surface area contributed by atoms with Crippen LogP contribution in [0.25, 0.3) is 0 Å². The topological polar surface area (TPSA) is 0 Å². The van der Waals surface area contributed by atoms with Gasteiger partial charge in [-0.15, -0.1) is 0 Å². The van der Waals surface area contributed by atoms with E-state index in [9.17, 15) is 48.3 Å². The second-order valence-corrected chi connectivity index (χ2v) is 9.41. The first kappa shape index (κ1) is 29.0. The molecule has 1 unspecified atom stereocenters. The summed E-state index contributed by atoms with van der Waals surface area (Å²) in [5.41, 5.74) is 0. The van der Waals surface area contributed by atoms with Crippen LogP contribution in [0.5, 0.6) is 0 Å². The first-order valence-corrected chi connectivity index (χ1v) is 10.2. The number of halogens is 12. The van der Waals surface area contributed by atoms with Crippen LogP contribution < -0.4 is 0 Å². The van der Waals surface area contributed by atoms with Crippen LogP contribution in [0.15, 0.2) is 0 Å². The summed E-state index contributed by atoms with van der Waals surface area (Å²) < 4.78 is 143. The summed E-state index contributed by atoms with van der Waals surface area (Å²) in [6.07, 6.45) is -5.00. The minimum atomic E-state index is -7.33. The number of hydrogen-bond acceptors (Lipinski definition) is 0. The van der Waals surface area contributed by atoms with Gasteiger partial charge < -0.3 is 0 Å². The molecule has 1 atom stereocenters. The van der Waals surface area contributed by atoms with E-state index < -0.39 is 39.7 Å². The molecule has 0 heterocycles. The van der Waals surface area contributed by atoms with Gasteiger partial charge in [-0.3, -0.25) is 0 Å². The molecular formula is C17H24F11I. The van der Waals surface area contributed by atoms with Crippen molar-refractivity contribution in [2.24, 2.45) is 0 Å². The Labute approximate surface area is 176 Å². The summed E-state index contributed by atoms with van der Waals surface area (Å²) in [7, 11) is 0. The van der Waals surface area contributed by atoms with E-state index in [-0.39, 0.29) is 12.8 Å². The Hall–Kier alpha value is -0.0400. The van der Waals surface area contributed by atoms with Crippen molar-refractivity contribution in [3.63, 3.8) is 0 Å². The zero-order valence-electron chi connectivity index (χ0n) is 15.9. The van der Waals surface area contributed by atoms with E-state index in [1.165, 1.54) is 29.5 Å². The molecular weight excluding hydrogens is 540 g/mol. The van der Waals surface area contributed by atoms with Crippen molar-refractivity contribution >= 4 is 22.6 Å². The van der Waals surface area contributed by atoms with Gasteiger partial charge >= 0.3 is 29.9 Å². The highest BCUT2D eigenvalue weighted by molar-refractivity contribution is 14.1. The van der Waals surface area contributed by atoms with Crippen molar-refractivity contribution in [1.29, 1.82) is 0 Å². The Kier molecular flexibility index (Phi) is 10.0. The van der Waals surface area contributed by atoms with Gasteiger partial charge in [0.1, 0.15) is 0 Å². The maximum absolute atomic E-state index is 14.0. The van der Waals surface area contributed by atoms with Crippen molar-refractivity contribution in [3.05, 3.63) is 0 Å². The summed E-state index contributed by atoms with van der Waals surface area (Å²) in [4.78, 5) is 0. The van der Waals surface area contributed by atoms with Crippen LogP contribution in [-0.4, -0.2) is 33.3 Å². The lowest BCUT2D eigenvalue weighted by molar-refractivity contribution is -0.422. The first-order chi connectivity index (χ1) is 12.8. The van der Waals surface area contributed by atoms with Crippen LogP contribution in [0.1, 0.15) is 71.6 Å². The molecule has 0 aliphatic heterocycles. The molecule has 176 valence electrons. The molecule has 0 amide bonds. The highest BCUT2D eigenvalue weighted by Gasteiger charge is 2.87. The van der Waals surface area contributed by atoms with Crippen LogP contribution >= 0.6 is 22.6 Å². The minimum Gasteiger partial charge on any atom is -0.200 e. The second kappa shape index (κ2) is 10.1. The Morgan fingerprint density at radius 1 is 0.586 bits per heavy atom. The van der Waals surface area contributed by atoms with Gasteiger partial charge in [0.05, 0.1) is 0 Å². The summed E-state index contributed by atoms with van der Waals surface area (Å²) in [6.45, 7) is 3.29. The first-order valence-electron chi connectivity index (χ1n) is 9.10. The largest absolute Gasteiger partial charge is 0.460 e. The monoisotopic (exact) mass is 564 g/mol. The lowest BCUT2D eigenvalue weighted by atomic mass is 9.87. The molecule has 0 aromatic carbocycles. The zero-order chi connectivity index (χ0) is 23.4. The Bertz CT molecular complexity index is 502. The third-order valence-electron chi connectivity index (χ3n) is 4.75. The molecule has 0 N–H and O–H groups in total. The smallest absolute Gasteiger partial charge is 0.200 e. The molecule has 0 radical (unpaired) electrons. The number of unbranched alkanes of at least 4 members (excludes halogenated alkanes) is 5. The third kappa shape index (κ3) is 6.47. The van der Waals surface area contributed by atoms with Crippen LogP contribution in [0.3, 0.4) is 0 Å². The summed E-state index contributed by atoms with van der Waals surface area (Å²) in [5, 5.41) is 0. The lowest BCUT2D eigenvalue weighted by Gasteiger charge is -2.40. The summed E-state index contributed by atoms with van der Waals surface area (Å²) in [6, 6.07) is 0. The molecule has 0 saturated carbocycles. The van der Waals surface area contributed by atoms with Gasteiger partial charge in [0.25, 0.3) is 0 Å². The zero-order valence-corrected chi connectivity index (χ0v) is 18.1. The lowest BCUT2D eigenvalue weighted by Crippen LogP contribution is -2.67. The molecule has 0 spiro atoms. The number of hydrogen-bond donors (Lipinski definition) is 0. The van der Waals surface area contributed by atoms with Gasteiger partial charge in [0.2, 0.25) is 0 Å². The molecule has 0 rings (SSSR count). The van der Waals surface area contributed by atoms with Crippen molar-refractivity contribution in [2.45, 2.75) is 105 Å². The predicted octanol–water partition coefficient (Wildman–Crippen LogP) is 8.81. The molecule has 0 saturated heterocycles. The quantitative estimate of drug-likeness (QED) is 0.0908. The van der Waals surface area contributed by atoms with Crippen LogP contribution in [0.4, 0.5) is 48.3 Å². The second-order valence-electron chi connectivity index (χ2n) is 7.12. The van der Waals surface area contributed by atoms with Gasteiger partial charge in [-0.05, 0) is 12.8 Å². The average Bonchev–Trinajstić information content (AvgIpc) is 2.56. The fourth-order valence-electron chi connectivity index (χ4n) is 2.73. The average molecular weight is 564 g/mol. The third-order valence-corrected chi connectivity index (χ3v) is 6.44. The number of rotatable bonds is 13. The van der Waals surface area contributed by atoms with Gasteiger partial charge in [0.15, 0.2) is 0 Å². The van der Waals surface area contributed by atoms with Gasteiger partial charge in [-0.25, -0.2) is 0 Å². The molecule has 0 aliphatic rings. The molecule has 0 aromatic rings. The van der Waals surface area contributed by atoms with E-state index in [0.717, 1.165) is 25.7 Å². The van der Waals surface area contributed by atoms with Gasteiger partial charge in [0, 0.05) is 9.84 Å². The van der Waals surface area contributed by atoms with E-state index >= 15 is 0 Å². The van der Waals surface area contributed by atoms with Crippen molar-refractivity contribution in [1.82, 2.24) is 0 Å². The van der Waals surface area contributed by atoms with E-state index in [1.54, 1.807) is 0 Å². The normalized spacial score (nSPS) is 16.8. The Morgan fingerprint density at radius 2 is 1.03 bits per heavy atom. The van der Waals surface area contributed by atoms with Crippen LogP contribution in [0.2, 0.25) is 0 Å². The molecule has 12 heteroatoms. The Balaban J connectivity index is 5.45. The molecule has 0 nitrogen and oxygen atoms in total. The van der Waals surface area contributed by atoms with Gasteiger partial charge in [-0.2, -0.15) is 48.3 Å². The van der Waals surface area contributed by atoms with Crippen molar-refractivity contribution in [2.75, 3.05) is 0 Å². The summed E-state index contributed by atoms with van der Waals surface area (Å²) in [5.74, 6) is -27.4. The summed E-state index contributed by atoms with van der Waals surface area (Å²) >= 11 is 1.37. The molecule has 0 aliphatic carbocycles. The Morgan fingerprint density at radius 3 is 1.45 bits per heavy atom. The maximum atomic E-state index is 14.0. The number of alkyl halides is 12. The van der Waals surface area contributed by atoms with Crippen molar-refractivity contribution < 1.29 is 48.3 Å². The van der Waals surface area contributed by atoms with E-state index in [1.807, 2.05) is 6.92 Å². The highest BCUT2D eigenvalue weighted by Crippen LogP contribution is 2.59. The fraction of sp³-hybridized carbons (Fsp3) is 1.00. The standard InChI is InChI=1S/C17H24F11I/c1-3-5-6-7-8-9-10-12(29,4-2)11-13(18,19)14(20,21)15(22,23)16(24,25)17(26,27)28/h3-11H2,1-2H3. The molecule has 0 aromatic heterocycles. The minimum absolute atomic E-state index is 0.0942. The molecule has 0 bridgehead atoms. The van der Waals surface area contributed by atoms with E-state index in [4.69, 9.17) is 0 Å². The van der Waals surface area contributed by atoms with E-state index in [2.05, 4.69) is 0 Å². The molecule has 29 heavy (non-hydrogen) atoms.